The quantitative estimate of drug-likeness (QED) is 0.706. The van der Waals surface area contributed by atoms with Gasteiger partial charge in [-0.15, -0.1) is 0 Å². The fraction of sp³-hybridized carbons (Fsp3) is 0.562. The lowest BCUT2D eigenvalue weighted by Crippen LogP contribution is -2.32. The Hall–Kier alpha value is -1.35. The number of carbonyl (C=O) groups is 1. The van der Waals surface area contributed by atoms with Crippen LogP contribution in [0.15, 0.2) is 24.3 Å². The maximum atomic E-state index is 12.2. The number of carbonyl (C=O) groups excluding carboxylic acids is 1. The molecule has 0 heterocycles. The van der Waals surface area contributed by atoms with Gasteiger partial charge in [0, 0.05) is 18.6 Å². The molecule has 1 aliphatic carbocycles. The minimum absolute atomic E-state index is 0.210. The summed E-state index contributed by atoms with van der Waals surface area (Å²) in [5.74, 6) is 1.47. The smallest absolute Gasteiger partial charge is 0.163 e. The molecular weight excluding hydrogens is 240 g/mol. The monoisotopic (exact) mass is 262 g/mol. The number of rotatable bonds is 7. The first kappa shape index (κ1) is 14.1. The van der Waals surface area contributed by atoms with Gasteiger partial charge in [-0.2, -0.15) is 0 Å². The van der Waals surface area contributed by atoms with Crippen LogP contribution in [0.2, 0.25) is 0 Å². The lowest BCUT2D eigenvalue weighted by Gasteiger charge is -2.34. The molecule has 3 heteroatoms. The molecule has 1 aliphatic rings. The van der Waals surface area contributed by atoms with Gasteiger partial charge in [0.2, 0.25) is 0 Å². The average Bonchev–Trinajstić information content (AvgIpc) is 2.37. The van der Waals surface area contributed by atoms with E-state index in [-0.39, 0.29) is 5.78 Å². The van der Waals surface area contributed by atoms with E-state index in [1.54, 1.807) is 0 Å². The normalized spacial score (nSPS) is 21.8. The number of ether oxygens (including phenoxy) is 2. The highest BCUT2D eigenvalue weighted by Crippen LogP contribution is 2.33. The molecule has 1 aromatic carbocycles. The van der Waals surface area contributed by atoms with E-state index in [1.165, 1.54) is 0 Å². The van der Waals surface area contributed by atoms with E-state index >= 15 is 0 Å². The van der Waals surface area contributed by atoms with Gasteiger partial charge in [0.25, 0.3) is 0 Å². The molecule has 0 bridgehead atoms. The van der Waals surface area contributed by atoms with Crippen LogP contribution in [0.3, 0.4) is 0 Å². The van der Waals surface area contributed by atoms with Crippen LogP contribution in [0.25, 0.3) is 0 Å². The molecule has 104 valence electrons. The molecule has 0 atom stereocenters. The molecule has 0 radical (unpaired) electrons. The molecule has 0 aromatic heterocycles. The molecule has 1 fully saturated rings. The Morgan fingerprint density at radius 1 is 1.26 bits per heavy atom. The summed E-state index contributed by atoms with van der Waals surface area (Å²) in [5, 5.41) is 0. The SMILES string of the molecule is CCOc1cccc(C(=O)CC2CC(OCC)C2)c1. The highest BCUT2D eigenvalue weighted by atomic mass is 16.5. The van der Waals surface area contributed by atoms with E-state index in [1.807, 2.05) is 38.1 Å². The molecule has 0 saturated heterocycles. The maximum Gasteiger partial charge on any atom is 0.163 e. The Kier molecular flexibility index (Phi) is 4.97. The van der Waals surface area contributed by atoms with Crippen molar-refractivity contribution in [3.63, 3.8) is 0 Å². The van der Waals surface area contributed by atoms with E-state index in [0.717, 1.165) is 30.8 Å². The van der Waals surface area contributed by atoms with Crippen molar-refractivity contribution < 1.29 is 14.3 Å². The second-order valence-electron chi connectivity index (χ2n) is 5.00. The third-order valence-electron chi connectivity index (χ3n) is 3.54. The molecule has 0 N–H and O–H groups in total. The molecule has 0 aliphatic heterocycles. The van der Waals surface area contributed by atoms with Gasteiger partial charge in [-0.05, 0) is 44.7 Å². The average molecular weight is 262 g/mol. The fourth-order valence-electron chi connectivity index (χ4n) is 2.52. The maximum absolute atomic E-state index is 12.2. The molecule has 0 amide bonds. The van der Waals surface area contributed by atoms with Crippen molar-refractivity contribution in [2.24, 2.45) is 5.92 Å². The van der Waals surface area contributed by atoms with Gasteiger partial charge >= 0.3 is 0 Å². The summed E-state index contributed by atoms with van der Waals surface area (Å²) in [7, 11) is 0. The van der Waals surface area contributed by atoms with Crippen molar-refractivity contribution in [2.45, 2.75) is 39.2 Å². The van der Waals surface area contributed by atoms with Crippen molar-refractivity contribution in [3.8, 4) is 5.75 Å². The van der Waals surface area contributed by atoms with E-state index in [4.69, 9.17) is 9.47 Å². The molecule has 0 spiro atoms. The van der Waals surface area contributed by atoms with Crippen molar-refractivity contribution in [1.82, 2.24) is 0 Å². The van der Waals surface area contributed by atoms with Gasteiger partial charge in [0.05, 0.1) is 12.7 Å². The van der Waals surface area contributed by atoms with Crippen LogP contribution in [0, 0.1) is 5.92 Å². The number of hydrogen-bond acceptors (Lipinski definition) is 3. The van der Waals surface area contributed by atoms with Crippen LogP contribution in [-0.2, 0) is 4.74 Å². The van der Waals surface area contributed by atoms with Crippen molar-refractivity contribution in [3.05, 3.63) is 29.8 Å². The fourth-order valence-corrected chi connectivity index (χ4v) is 2.52. The summed E-state index contributed by atoms with van der Waals surface area (Å²) in [4.78, 5) is 12.2. The van der Waals surface area contributed by atoms with Crippen LogP contribution >= 0.6 is 0 Å². The summed E-state index contributed by atoms with van der Waals surface area (Å²) >= 11 is 0. The molecule has 19 heavy (non-hydrogen) atoms. The van der Waals surface area contributed by atoms with Crippen LogP contribution in [0.1, 0.15) is 43.5 Å². The first-order valence-electron chi connectivity index (χ1n) is 7.10. The second-order valence-corrected chi connectivity index (χ2v) is 5.00. The largest absolute Gasteiger partial charge is 0.494 e. The van der Waals surface area contributed by atoms with Crippen LogP contribution < -0.4 is 4.74 Å². The summed E-state index contributed by atoms with van der Waals surface area (Å²) in [5.41, 5.74) is 0.755. The van der Waals surface area contributed by atoms with E-state index < -0.39 is 0 Å². The summed E-state index contributed by atoms with van der Waals surface area (Å²) in [6, 6.07) is 7.46. The Labute approximate surface area is 114 Å². The Balaban J connectivity index is 1.85. The first-order valence-corrected chi connectivity index (χ1v) is 7.10. The number of benzene rings is 1. The summed E-state index contributed by atoms with van der Waals surface area (Å²) < 4.78 is 10.9. The predicted octanol–water partition coefficient (Wildman–Crippen LogP) is 3.47. The van der Waals surface area contributed by atoms with Gasteiger partial charge < -0.3 is 9.47 Å². The standard InChI is InChI=1S/C16H22O3/c1-3-18-14-7-5-6-13(11-14)16(17)10-12-8-15(9-12)19-4-2/h5-7,11-12,15H,3-4,8-10H2,1-2H3. The number of ketones is 1. The van der Waals surface area contributed by atoms with Gasteiger partial charge in [0.15, 0.2) is 5.78 Å². The van der Waals surface area contributed by atoms with E-state index in [2.05, 4.69) is 0 Å². The Bertz CT molecular complexity index is 422. The zero-order valence-electron chi connectivity index (χ0n) is 11.7. The van der Waals surface area contributed by atoms with Crippen molar-refractivity contribution in [1.29, 1.82) is 0 Å². The van der Waals surface area contributed by atoms with Crippen LogP contribution in [0.5, 0.6) is 5.75 Å². The number of hydrogen-bond donors (Lipinski definition) is 0. The van der Waals surface area contributed by atoms with Gasteiger partial charge in [0.1, 0.15) is 5.75 Å². The second kappa shape index (κ2) is 6.71. The summed E-state index contributed by atoms with van der Waals surface area (Å²) in [6.45, 7) is 5.34. The van der Waals surface area contributed by atoms with Gasteiger partial charge in [-0.25, -0.2) is 0 Å². The Morgan fingerprint density at radius 3 is 2.74 bits per heavy atom. The van der Waals surface area contributed by atoms with E-state index in [9.17, 15) is 4.79 Å². The molecule has 0 unspecified atom stereocenters. The third kappa shape index (κ3) is 3.80. The first-order chi connectivity index (χ1) is 9.22. The minimum Gasteiger partial charge on any atom is -0.494 e. The highest BCUT2D eigenvalue weighted by molar-refractivity contribution is 5.96. The third-order valence-corrected chi connectivity index (χ3v) is 3.54. The van der Waals surface area contributed by atoms with Crippen LogP contribution in [-0.4, -0.2) is 25.1 Å². The molecule has 2 rings (SSSR count). The van der Waals surface area contributed by atoms with Gasteiger partial charge in [-0.1, -0.05) is 12.1 Å². The van der Waals surface area contributed by atoms with Crippen molar-refractivity contribution in [2.75, 3.05) is 13.2 Å². The zero-order valence-corrected chi connectivity index (χ0v) is 11.7. The number of Topliss-reactive ketones (excluding diaryl/α,β-unsaturated/α-hetero) is 1. The topological polar surface area (TPSA) is 35.5 Å². The lowest BCUT2D eigenvalue weighted by molar-refractivity contribution is -0.0246. The lowest BCUT2D eigenvalue weighted by atomic mass is 9.78. The van der Waals surface area contributed by atoms with E-state index in [0.29, 0.717) is 25.0 Å². The molecular formula is C16H22O3. The minimum atomic E-state index is 0.210. The van der Waals surface area contributed by atoms with Crippen LogP contribution in [0.4, 0.5) is 0 Å². The highest BCUT2D eigenvalue weighted by Gasteiger charge is 2.31. The van der Waals surface area contributed by atoms with Crippen molar-refractivity contribution >= 4 is 5.78 Å². The Morgan fingerprint density at radius 2 is 2.05 bits per heavy atom. The predicted molar refractivity (Wildman–Crippen MR) is 74.7 cm³/mol. The molecule has 3 nitrogen and oxygen atoms in total. The molecule has 1 aromatic rings. The summed E-state index contributed by atoms with van der Waals surface area (Å²) in [6.07, 6.45) is 3.03. The molecule has 1 saturated carbocycles. The zero-order chi connectivity index (χ0) is 13.7. The van der Waals surface area contributed by atoms with Gasteiger partial charge in [-0.3, -0.25) is 4.79 Å².